The summed E-state index contributed by atoms with van der Waals surface area (Å²) in [5, 5.41) is 2.85. The number of nitrogens with one attached hydrogen (secondary N) is 1. The molecule has 0 bridgehead atoms. The van der Waals surface area contributed by atoms with Crippen LogP contribution in [0.1, 0.15) is 10.4 Å². The standard InChI is InChI=1S/C15H26N4O2/c1-18(2)8-7-17-15(20)12-5-6-14(13(16)11-12)21-10-9-19(3)4/h5-6,11H,7-10,16H2,1-4H3,(H,17,20). The zero-order valence-electron chi connectivity index (χ0n) is 13.3. The molecule has 0 aliphatic heterocycles. The SMILES string of the molecule is CN(C)CCNC(=O)c1ccc(OCCN(C)C)c(N)c1. The Morgan fingerprint density at radius 1 is 1.19 bits per heavy atom. The van der Waals surface area contributed by atoms with E-state index >= 15 is 0 Å². The summed E-state index contributed by atoms with van der Waals surface area (Å²) >= 11 is 0. The predicted octanol–water partition coefficient (Wildman–Crippen LogP) is 0.501. The minimum atomic E-state index is -0.122. The zero-order chi connectivity index (χ0) is 15.8. The second kappa shape index (κ2) is 8.49. The van der Waals surface area contributed by atoms with E-state index in [1.54, 1.807) is 18.2 Å². The predicted molar refractivity (Wildman–Crippen MR) is 85.8 cm³/mol. The molecule has 6 heteroatoms. The van der Waals surface area contributed by atoms with Crippen LogP contribution in [0, 0.1) is 0 Å². The highest BCUT2D eigenvalue weighted by atomic mass is 16.5. The van der Waals surface area contributed by atoms with Crippen LogP contribution in [0.25, 0.3) is 0 Å². The lowest BCUT2D eigenvalue weighted by molar-refractivity contribution is 0.0951. The number of hydrogen-bond acceptors (Lipinski definition) is 5. The zero-order valence-corrected chi connectivity index (χ0v) is 13.3. The fraction of sp³-hybridized carbons (Fsp3) is 0.533. The first kappa shape index (κ1) is 17.3. The van der Waals surface area contributed by atoms with Gasteiger partial charge in [0.25, 0.3) is 5.91 Å². The summed E-state index contributed by atoms with van der Waals surface area (Å²) in [6, 6.07) is 5.12. The minimum absolute atomic E-state index is 0.122. The largest absolute Gasteiger partial charge is 0.490 e. The number of amides is 1. The Morgan fingerprint density at radius 2 is 1.86 bits per heavy atom. The molecule has 0 fully saturated rings. The molecule has 0 aromatic heterocycles. The molecular formula is C15H26N4O2. The Hall–Kier alpha value is -1.79. The summed E-state index contributed by atoms with van der Waals surface area (Å²) in [6.07, 6.45) is 0. The molecule has 1 rings (SSSR count). The number of anilines is 1. The van der Waals surface area contributed by atoms with Crippen molar-refractivity contribution in [2.45, 2.75) is 0 Å². The molecular weight excluding hydrogens is 268 g/mol. The maximum Gasteiger partial charge on any atom is 0.251 e. The highest BCUT2D eigenvalue weighted by Crippen LogP contribution is 2.22. The van der Waals surface area contributed by atoms with Crippen molar-refractivity contribution < 1.29 is 9.53 Å². The maximum absolute atomic E-state index is 12.0. The van der Waals surface area contributed by atoms with Gasteiger partial charge >= 0.3 is 0 Å². The first-order chi connectivity index (χ1) is 9.90. The summed E-state index contributed by atoms with van der Waals surface area (Å²) in [4.78, 5) is 16.0. The molecule has 0 saturated carbocycles. The van der Waals surface area contributed by atoms with Crippen LogP contribution >= 0.6 is 0 Å². The lowest BCUT2D eigenvalue weighted by Crippen LogP contribution is -2.31. The van der Waals surface area contributed by atoms with E-state index < -0.39 is 0 Å². The van der Waals surface area contributed by atoms with Crippen molar-refractivity contribution in [3.63, 3.8) is 0 Å². The number of rotatable bonds is 8. The quantitative estimate of drug-likeness (QED) is 0.683. The Balaban J connectivity index is 2.54. The highest BCUT2D eigenvalue weighted by molar-refractivity contribution is 5.95. The topological polar surface area (TPSA) is 70.8 Å². The number of nitrogens with zero attached hydrogens (tertiary/aromatic N) is 2. The highest BCUT2D eigenvalue weighted by Gasteiger charge is 2.08. The van der Waals surface area contributed by atoms with Crippen molar-refractivity contribution >= 4 is 11.6 Å². The second-order valence-corrected chi connectivity index (χ2v) is 5.46. The van der Waals surface area contributed by atoms with Gasteiger partial charge in [0.1, 0.15) is 12.4 Å². The summed E-state index contributed by atoms with van der Waals surface area (Å²) in [5.41, 5.74) is 6.95. The first-order valence-electron chi connectivity index (χ1n) is 7.00. The molecule has 1 aromatic carbocycles. The van der Waals surface area contributed by atoms with E-state index in [1.807, 2.05) is 38.0 Å². The molecule has 0 aliphatic carbocycles. The molecule has 0 saturated heterocycles. The third-order valence-electron chi connectivity index (χ3n) is 2.91. The molecule has 0 spiro atoms. The van der Waals surface area contributed by atoms with Gasteiger partial charge in [0.15, 0.2) is 0 Å². The average Bonchev–Trinajstić information content (AvgIpc) is 2.39. The fourth-order valence-corrected chi connectivity index (χ4v) is 1.65. The van der Waals surface area contributed by atoms with E-state index in [4.69, 9.17) is 10.5 Å². The van der Waals surface area contributed by atoms with Gasteiger partial charge in [-0.1, -0.05) is 0 Å². The van der Waals surface area contributed by atoms with Crippen LogP contribution in [0.3, 0.4) is 0 Å². The summed E-state index contributed by atoms with van der Waals surface area (Å²) < 4.78 is 5.59. The normalized spacial score (nSPS) is 11.0. The van der Waals surface area contributed by atoms with Gasteiger partial charge in [0.2, 0.25) is 0 Å². The minimum Gasteiger partial charge on any atom is -0.490 e. The Labute approximate surface area is 126 Å². The van der Waals surface area contributed by atoms with E-state index in [0.29, 0.717) is 30.2 Å². The molecule has 3 N–H and O–H groups in total. The maximum atomic E-state index is 12.0. The van der Waals surface area contributed by atoms with Crippen LogP contribution in [-0.4, -0.2) is 70.1 Å². The molecule has 21 heavy (non-hydrogen) atoms. The smallest absolute Gasteiger partial charge is 0.251 e. The molecule has 0 heterocycles. The Bertz CT molecular complexity index is 461. The van der Waals surface area contributed by atoms with Crippen LogP contribution in [0.4, 0.5) is 5.69 Å². The summed E-state index contributed by atoms with van der Waals surface area (Å²) in [7, 11) is 7.88. The van der Waals surface area contributed by atoms with Crippen molar-refractivity contribution in [3.8, 4) is 5.75 Å². The number of hydrogen-bond donors (Lipinski definition) is 2. The van der Waals surface area contributed by atoms with Gasteiger partial charge in [0, 0.05) is 25.2 Å². The summed E-state index contributed by atoms with van der Waals surface area (Å²) in [6.45, 7) is 2.78. The number of likely N-dealkylation sites (N-methyl/N-ethyl adjacent to an activating group) is 2. The number of benzene rings is 1. The van der Waals surface area contributed by atoms with E-state index in [9.17, 15) is 4.79 Å². The van der Waals surface area contributed by atoms with E-state index in [-0.39, 0.29) is 5.91 Å². The molecule has 118 valence electrons. The van der Waals surface area contributed by atoms with Crippen molar-refractivity contribution in [2.24, 2.45) is 0 Å². The number of nitrogens with two attached hydrogens (primary N) is 1. The van der Waals surface area contributed by atoms with E-state index in [2.05, 4.69) is 5.32 Å². The number of carbonyl (C=O) groups is 1. The van der Waals surface area contributed by atoms with Crippen molar-refractivity contribution in [2.75, 3.05) is 60.2 Å². The first-order valence-corrected chi connectivity index (χ1v) is 7.00. The van der Waals surface area contributed by atoms with E-state index in [1.165, 1.54) is 0 Å². The monoisotopic (exact) mass is 294 g/mol. The van der Waals surface area contributed by atoms with Crippen LogP contribution in [-0.2, 0) is 0 Å². The number of carbonyl (C=O) groups excluding carboxylic acids is 1. The second-order valence-electron chi connectivity index (χ2n) is 5.46. The fourth-order valence-electron chi connectivity index (χ4n) is 1.65. The van der Waals surface area contributed by atoms with Gasteiger partial charge in [0.05, 0.1) is 5.69 Å². The molecule has 0 aliphatic rings. The lowest BCUT2D eigenvalue weighted by Gasteiger charge is -2.14. The van der Waals surface area contributed by atoms with Crippen molar-refractivity contribution in [1.82, 2.24) is 15.1 Å². The Kier molecular flexibility index (Phi) is 6.98. The van der Waals surface area contributed by atoms with E-state index in [0.717, 1.165) is 13.1 Å². The van der Waals surface area contributed by atoms with Gasteiger partial charge in [-0.3, -0.25) is 4.79 Å². The average molecular weight is 294 g/mol. The van der Waals surface area contributed by atoms with Crippen LogP contribution in [0.15, 0.2) is 18.2 Å². The third kappa shape index (κ3) is 6.46. The van der Waals surface area contributed by atoms with Crippen LogP contribution in [0.5, 0.6) is 5.75 Å². The molecule has 1 aromatic rings. The molecule has 6 nitrogen and oxygen atoms in total. The molecule has 0 atom stereocenters. The van der Waals surface area contributed by atoms with Gasteiger partial charge < -0.3 is 25.6 Å². The molecule has 0 unspecified atom stereocenters. The van der Waals surface area contributed by atoms with Crippen LogP contribution < -0.4 is 15.8 Å². The molecule has 0 radical (unpaired) electrons. The van der Waals surface area contributed by atoms with Crippen molar-refractivity contribution in [3.05, 3.63) is 23.8 Å². The van der Waals surface area contributed by atoms with Gasteiger partial charge in [-0.25, -0.2) is 0 Å². The summed E-state index contributed by atoms with van der Waals surface area (Å²) in [5.74, 6) is 0.491. The van der Waals surface area contributed by atoms with Crippen molar-refractivity contribution in [1.29, 1.82) is 0 Å². The molecule has 1 amide bonds. The lowest BCUT2D eigenvalue weighted by atomic mass is 10.1. The van der Waals surface area contributed by atoms with Gasteiger partial charge in [-0.05, 0) is 46.4 Å². The van der Waals surface area contributed by atoms with Gasteiger partial charge in [-0.15, -0.1) is 0 Å². The number of nitrogen functional groups attached to an aromatic ring is 1. The Morgan fingerprint density at radius 3 is 2.43 bits per heavy atom. The van der Waals surface area contributed by atoms with Crippen LogP contribution in [0.2, 0.25) is 0 Å². The third-order valence-corrected chi connectivity index (χ3v) is 2.91. The number of ether oxygens (including phenoxy) is 1. The van der Waals surface area contributed by atoms with Gasteiger partial charge in [-0.2, -0.15) is 0 Å².